The van der Waals surface area contributed by atoms with Crippen molar-refractivity contribution in [1.82, 2.24) is 19.9 Å². The third-order valence-electron chi connectivity index (χ3n) is 5.76. The van der Waals surface area contributed by atoms with E-state index in [1.165, 1.54) is 30.6 Å². The molecule has 4 heterocycles. The van der Waals surface area contributed by atoms with E-state index in [1.54, 1.807) is 0 Å². The molecule has 0 radical (unpaired) electrons. The topological polar surface area (TPSA) is 74.2 Å². The van der Waals surface area contributed by atoms with Gasteiger partial charge in [0.2, 0.25) is 5.91 Å². The Kier molecular flexibility index (Phi) is 4.32. The van der Waals surface area contributed by atoms with E-state index in [-0.39, 0.29) is 17.1 Å². The monoisotopic (exact) mass is 424 g/mol. The highest BCUT2D eigenvalue weighted by Crippen LogP contribution is 2.41. The molecule has 2 aliphatic rings. The number of halogens is 2. The van der Waals surface area contributed by atoms with Crippen molar-refractivity contribution in [2.45, 2.75) is 12.0 Å². The van der Waals surface area contributed by atoms with Gasteiger partial charge >= 0.3 is 0 Å². The van der Waals surface area contributed by atoms with Crippen LogP contribution < -0.4 is 10.2 Å². The first kappa shape index (κ1) is 18.7. The number of benzene rings is 1. The zero-order valence-electron chi connectivity index (χ0n) is 16.0. The van der Waals surface area contributed by atoms with Crippen molar-refractivity contribution < 1.29 is 9.18 Å². The fraction of sp³-hybridized carbons (Fsp3) is 0.238. The molecule has 2 saturated heterocycles. The van der Waals surface area contributed by atoms with Crippen molar-refractivity contribution in [2.75, 3.05) is 29.9 Å². The third-order valence-corrected chi connectivity index (χ3v) is 5.99. The molecule has 0 unspecified atom stereocenters. The van der Waals surface area contributed by atoms with Crippen molar-refractivity contribution in [2.24, 2.45) is 0 Å². The van der Waals surface area contributed by atoms with E-state index in [0.29, 0.717) is 35.0 Å². The number of nitrogens with one attached hydrogen (secondary N) is 1. The number of nitrogens with zero attached hydrogens (tertiary/aromatic N) is 5. The first-order chi connectivity index (χ1) is 14.5. The summed E-state index contributed by atoms with van der Waals surface area (Å²) >= 11 is 5.99. The van der Waals surface area contributed by atoms with Crippen LogP contribution in [0.25, 0.3) is 11.0 Å². The summed E-state index contributed by atoms with van der Waals surface area (Å²) in [6, 6.07) is 8.02. The maximum Gasteiger partial charge on any atom is 0.246 e. The van der Waals surface area contributed by atoms with E-state index in [4.69, 9.17) is 16.6 Å². The molecule has 0 bridgehead atoms. The number of hydrogen-bond acceptors (Lipinski definition) is 6. The molecule has 1 N–H and O–H groups in total. The van der Waals surface area contributed by atoms with Gasteiger partial charge < -0.3 is 15.1 Å². The first-order valence-electron chi connectivity index (χ1n) is 9.52. The minimum atomic E-state index is -0.441. The lowest BCUT2D eigenvalue weighted by molar-refractivity contribution is -0.144. The van der Waals surface area contributed by atoms with Crippen LogP contribution in [-0.2, 0) is 4.79 Å². The van der Waals surface area contributed by atoms with Gasteiger partial charge in [-0.25, -0.2) is 19.3 Å². The van der Waals surface area contributed by atoms with E-state index in [9.17, 15) is 9.18 Å². The molecule has 1 amide bonds. The molecule has 1 spiro atoms. The summed E-state index contributed by atoms with van der Waals surface area (Å²) in [6.45, 7) is 5.77. The van der Waals surface area contributed by atoms with Crippen molar-refractivity contribution >= 4 is 45.9 Å². The van der Waals surface area contributed by atoms with Gasteiger partial charge in [0.15, 0.2) is 5.82 Å². The number of carbonyl (C=O) groups is 1. The molecule has 5 rings (SSSR count). The predicted octanol–water partition coefficient (Wildman–Crippen LogP) is 3.54. The summed E-state index contributed by atoms with van der Waals surface area (Å²) in [5.41, 5.74) is 1.26. The lowest BCUT2D eigenvalue weighted by atomic mass is 9.77. The number of rotatable bonds is 4. The minimum Gasteiger partial charge on any atom is -0.352 e. The highest BCUT2D eigenvalue weighted by atomic mass is 35.5. The highest BCUT2D eigenvalue weighted by molar-refractivity contribution is 6.30. The summed E-state index contributed by atoms with van der Waals surface area (Å²) in [5, 5.41) is 3.38. The van der Waals surface area contributed by atoms with Crippen LogP contribution in [0.1, 0.15) is 6.42 Å². The maximum absolute atomic E-state index is 14.2. The average Bonchev–Trinajstić information content (AvgIpc) is 2.69. The van der Waals surface area contributed by atoms with E-state index in [0.717, 1.165) is 18.8 Å². The Hall–Kier alpha value is -3.26. The molecule has 3 aromatic rings. The molecule has 0 aliphatic carbocycles. The predicted molar refractivity (Wildman–Crippen MR) is 113 cm³/mol. The van der Waals surface area contributed by atoms with Crippen molar-refractivity contribution in [3.63, 3.8) is 0 Å². The standard InChI is InChI=1S/C21H18ClFN6O/c1-2-18(30)29-8-7-21(29)10-28(11-21)17-6-5-15-19(27-17)20(25-12-24-15)26-16-9-13(22)3-4-14(16)23/h2-6,9,12H,1,7-8,10-11H2,(H,24,25,26). The lowest BCUT2D eigenvalue weighted by Crippen LogP contribution is -2.78. The van der Waals surface area contributed by atoms with Gasteiger partial charge in [0, 0.05) is 24.7 Å². The SMILES string of the molecule is C=CC(=O)N1CCC12CN(c1ccc3ncnc(Nc4cc(Cl)ccc4F)c3n1)C2. The molecule has 2 aliphatic heterocycles. The summed E-state index contributed by atoms with van der Waals surface area (Å²) < 4.78 is 14.2. The number of fused-ring (bicyclic) bond motifs is 1. The number of amides is 1. The Balaban J connectivity index is 1.42. The van der Waals surface area contributed by atoms with Gasteiger partial charge in [0.25, 0.3) is 0 Å². The molecule has 2 aromatic heterocycles. The zero-order chi connectivity index (χ0) is 20.9. The Bertz CT molecular complexity index is 1180. The van der Waals surface area contributed by atoms with Gasteiger partial charge in [-0.15, -0.1) is 0 Å². The summed E-state index contributed by atoms with van der Waals surface area (Å²) in [7, 11) is 0. The van der Waals surface area contributed by atoms with Crippen LogP contribution in [0.5, 0.6) is 0 Å². The van der Waals surface area contributed by atoms with Crippen LogP contribution in [0.15, 0.2) is 49.3 Å². The fourth-order valence-corrected chi connectivity index (χ4v) is 4.24. The van der Waals surface area contributed by atoms with E-state index in [2.05, 4.69) is 26.8 Å². The second-order valence-corrected chi connectivity index (χ2v) is 7.97. The van der Waals surface area contributed by atoms with Crippen LogP contribution >= 0.6 is 11.6 Å². The second-order valence-electron chi connectivity index (χ2n) is 7.53. The molecule has 152 valence electrons. The van der Waals surface area contributed by atoms with Crippen LogP contribution in [0.2, 0.25) is 5.02 Å². The number of anilines is 3. The van der Waals surface area contributed by atoms with Crippen LogP contribution in [-0.4, -0.2) is 50.9 Å². The minimum absolute atomic E-state index is 0.0317. The van der Waals surface area contributed by atoms with E-state index < -0.39 is 5.82 Å². The zero-order valence-corrected chi connectivity index (χ0v) is 16.7. The van der Waals surface area contributed by atoms with Crippen LogP contribution in [0.4, 0.5) is 21.7 Å². The number of hydrogen-bond donors (Lipinski definition) is 1. The Morgan fingerprint density at radius 1 is 1.27 bits per heavy atom. The summed E-state index contributed by atoms with van der Waals surface area (Å²) in [5.74, 6) is 0.681. The van der Waals surface area contributed by atoms with Crippen molar-refractivity contribution in [3.05, 3.63) is 60.2 Å². The maximum atomic E-state index is 14.2. The fourth-order valence-electron chi connectivity index (χ4n) is 4.07. The van der Waals surface area contributed by atoms with Gasteiger partial charge in [0.1, 0.15) is 23.5 Å². The smallest absolute Gasteiger partial charge is 0.246 e. The molecule has 0 saturated carbocycles. The van der Waals surface area contributed by atoms with Gasteiger partial charge in [0.05, 0.1) is 16.7 Å². The first-order valence-corrected chi connectivity index (χ1v) is 9.90. The number of pyridine rings is 1. The molecule has 0 atom stereocenters. The van der Waals surface area contributed by atoms with Gasteiger partial charge in [-0.2, -0.15) is 0 Å². The quantitative estimate of drug-likeness (QED) is 0.646. The normalized spacial score (nSPS) is 16.9. The number of likely N-dealkylation sites (tertiary alicyclic amines) is 1. The van der Waals surface area contributed by atoms with Gasteiger partial charge in [-0.3, -0.25) is 4.79 Å². The second kappa shape index (κ2) is 6.91. The average molecular weight is 425 g/mol. The van der Waals surface area contributed by atoms with Crippen molar-refractivity contribution in [1.29, 1.82) is 0 Å². The molecule has 2 fully saturated rings. The third kappa shape index (κ3) is 2.95. The highest BCUT2D eigenvalue weighted by Gasteiger charge is 2.55. The number of aromatic nitrogens is 3. The Morgan fingerprint density at radius 3 is 2.83 bits per heavy atom. The molecule has 30 heavy (non-hydrogen) atoms. The summed E-state index contributed by atoms with van der Waals surface area (Å²) in [4.78, 5) is 29.2. The molecule has 1 aromatic carbocycles. The van der Waals surface area contributed by atoms with Crippen LogP contribution in [0, 0.1) is 5.82 Å². The van der Waals surface area contributed by atoms with E-state index in [1.807, 2.05) is 17.0 Å². The molecular weight excluding hydrogens is 407 g/mol. The van der Waals surface area contributed by atoms with Crippen LogP contribution in [0.3, 0.4) is 0 Å². The molecular formula is C21H18ClFN6O. The van der Waals surface area contributed by atoms with Gasteiger partial charge in [-0.05, 0) is 42.8 Å². The van der Waals surface area contributed by atoms with Crippen molar-refractivity contribution in [3.8, 4) is 0 Å². The number of carbonyl (C=O) groups excluding carboxylic acids is 1. The lowest BCUT2D eigenvalue weighted by Gasteiger charge is -2.62. The summed E-state index contributed by atoms with van der Waals surface area (Å²) in [6.07, 6.45) is 3.74. The Labute approximate surface area is 177 Å². The van der Waals surface area contributed by atoms with Gasteiger partial charge in [-0.1, -0.05) is 18.2 Å². The Morgan fingerprint density at radius 2 is 2.10 bits per heavy atom. The van der Waals surface area contributed by atoms with E-state index >= 15 is 0 Å². The molecule has 9 heteroatoms. The molecule has 7 nitrogen and oxygen atoms in total. The largest absolute Gasteiger partial charge is 0.352 e.